The molecule has 34 valence electrons. The molecule has 0 aromatic heterocycles. The Morgan fingerprint density at radius 3 is 2.17 bits per heavy atom. The predicted molar refractivity (Wildman–Crippen MR) is 21.3 cm³/mol. The van der Waals surface area contributed by atoms with Crippen LogP contribution in [0.2, 0.25) is 0 Å². The van der Waals surface area contributed by atoms with Crippen molar-refractivity contribution in [1.29, 1.82) is 0 Å². The van der Waals surface area contributed by atoms with Gasteiger partial charge in [0, 0.05) is 0 Å². The maximum atomic E-state index is 9.56. The van der Waals surface area contributed by atoms with Gasteiger partial charge in [0.25, 0.3) is 0 Å². The van der Waals surface area contributed by atoms with Gasteiger partial charge < -0.3 is 5.11 Å². The largest absolute Gasteiger partial charge is 0.593 e. The van der Waals surface area contributed by atoms with Crippen LogP contribution >= 0.6 is 0 Å². The fourth-order valence-electron chi connectivity index (χ4n) is 0. The second-order valence-corrected chi connectivity index (χ2v) is 0.981. The molecule has 0 aliphatic carbocycles. The van der Waals surface area contributed by atoms with Crippen LogP contribution in [0.3, 0.4) is 0 Å². The molecular formula is C3H6NO2+. The molecule has 0 aliphatic heterocycles. The molecular weight excluding hydrogens is 82.0 g/mol. The quantitative estimate of drug-likeness (QED) is 0.334. The smallest absolute Gasteiger partial charge is 0.427 e. The molecule has 0 unspecified atom stereocenters. The first kappa shape index (κ1) is 5.14. The second-order valence-electron chi connectivity index (χ2n) is 0.981. The predicted octanol–water partition coefficient (Wildman–Crippen LogP) is 0.00730. The minimum atomic E-state index is -1.02. The third-order valence-electron chi connectivity index (χ3n) is 0.327. The van der Waals surface area contributed by atoms with Crippen LogP contribution in [0.15, 0.2) is 0 Å². The summed E-state index contributed by atoms with van der Waals surface area (Å²) in [5, 5.41) is 7.85. The lowest BCUT2D eigenvalue weighted by molar-refractivity contribution is -0.401. The van der Waals surface area contributed by atoms with Crippen LogP contribution < -0.4 is 0 Å². The van der Waals surface area contributed by atoms with Gasteiger partial charge in [-0.05, 0) is 0 Å². The van der Waals surface area contributed by atoms with Gasteiger partial charge in [0.2, 0.25) is 0 Å². The summed E-state index contributed by atoms with van der Waals surface area (Å²) in [6.45, 7) is 3.07. The van der Waals surface area contributed by atoms with E-state index in [1.54, 1.807) is 0 Å². The number of nitrogens with zero attached hydrogens (tertiary/aromatic N) is 1. The maximum absolute atomic E-state index is 9.56. The van der Waals surface area contributed by atoms with Gasteiger partial charge in [-0.25, -0.2) is 0 Å². The van der Waals surface area contributed by atoms with Crippen LogP contribution in [0.4, 0.5) is 4.79 Å². The van der Waals surface area contributed by atoms with E-state index in [0.29, 0.717) is 0 Å². The maximum Gasteiger partial charge on any atom is 0.593 e. The molecule has 3 heteroatoms. The summed E-state index contributed by atoms with van der Waals surface area (Å²) in [4.78, 5) is 9.56. The van der Waals surface area contributed by atoms with Crippen molar-refractivity contribution in [1.82, 2.24) is 0 Å². The van der Waals surface area contributed by atoms with Crippen molar-refractivity contribution < 1.29 is 14.5 Å². The van der Waals surface area contributed by atoms with Crippen molar-refractivity contribution in [2.24, 2.45) is 0 Å². The van der Waals surface area contributed by atoms with E-state index in [9.17, 15) is 4.79 Å². The van der Waals surface area contributed by atoms with Crippen molar-refractivity contribution in [2.45, 2.75) is 0 Å². The van der Waals surface area contributed by atoms with Gasteiger partial charge in [-0.3, -0.25) is 0 Å². The summed E-state index contributed by atoms with van der Waals surface area (Å²) in [6, 6.07) is 0. The molecule has 0 saturated carbocycles. The fraction of sp³-hybridized carbons (Fsp3) is 0.333. The Morgan fingerprint density at radius 1 is 2.00 bits per heavy atom. The number of hydrogen-bond donors (Lipinski definition) is 1. The van der Waals surface area contributed by atoms with Crippen molar-refractivity contribution in [2.75, 3.05) is 7.05 Å². The summed E-state index contributed by atoms with van der Waals surface area (Å²) in [5.41, 5.74) is 0. The minimum absolute atomic E-state index is 0.833. The van der Waals surface area contributed by atoms with E-state index in [2.05, 4.69) is 6.72 Å². The third-order valence-corrected chi connectivity index (χ3v) is 0.327. The Balaban J connectivity index is 3.57. The first-order chi connectivity index (χ1) is 2.64. The highest BCUT2D eigenvalue weighted by Gasteiger charge is 2.00. The van der Waals surface area contributed by atoms with Crippen molar-refractivity contribution in [3.8, 4) is 0 Å². The molecule has 1 amide bonds. The van der Waals surface area contributed by atoms with Crippen molar-refractivity contribution in [3.63, 3.8) is 0 Å². The van der Waals surface area contributed by atoms with Gasteiger partial charge in [0.05, 0.1) is 0 Å². The Bertz CT molecular complexity index is 74.8. The lowest BCUT2D eigenvalue weighted by atomic mass is 11.0. The molecule has 3 nitrogen and oxygen atoms in total. The van der Waals surface area contributed by atoms with Gasteiger partial charge in [0.1, 0.15) is 13.8 Å². The Morgan fingerprint density at radius 2 is 2.17 bits per heavy atom. The second kappa shape index (κ2) is 1.55. The summed E-state index contributed by atoms with van der Waals surface area (Å²) < 4.78 is 0.833. The minimum Gasteiger partial charge on any atom is -0.427 e. The van der Waals surface area contributed by atoms with Crippen molar-refractivity contribution >= 4 is 12.8 Å². The number of carbonyl (C=O) groups is 1. The van der Waals surface area contributed by atoms with Crippen LogP contribution in [0.1, 0.15) is 0 Å². The van der Waals surface area contributed by atoms with Gasteiger partial charge in [-0.15, -0.1) is 4.58 Å². The fourth-order valence-corrected chi connectivity index (χ4v) is 0. The van der Waals surface area contributed by atoms with E-state index in [-0.39, 0.29) is 0 Å². The average molecular weight is 88.1 g/mol. The van der Waals surface area contributed by atoms with Crippen LogP contribution in [-0.2, 0) is 0 Å². The van der Waals surface area contributed by atoms with E-state index in [1.807, 2.05) is 0 Å². The van der Waals surface area contributed by atoms with Crippen LogP contribution in [0.5, 0.6) is 0 Å². The summed E-state index contributed by atoms with van der Waals surface area (Å²) >= 11 is 0. The monoisotopic (exact) mass is 88.0 g/mol. The topological polar surface area (TPSA) is 40.3 Å². The van der Waals surface area contributed by atoms with Gasteiger partial charge in [-0.2, -0.15) is 4.79 Å². The zero-order chi connectivity index (χ0) is 5.15. The van der Waals surface area contributed by atoms with Gasteiger partial charge in [0.15, 0.2) is 0 Å². The molecule has 6 heavy (non-hydrogen) atoms. The average Bonchev–Trinajstić information content (AvgIpc) is 1.36. The van der Waals surface area contributed by atoms with Crippen LogP contribution in [0.25, 0.3) is 0 Å². The molecule has 0 fully saturated rings. The summed E-state index contributed by atoms with van der Waals surface area (Å²) in [5.74, 6) is 0. The first-order valence-corrected chi connectivity index (χ1v) is 1.41. The van der Waals surface area contributed by atoms with E-state index < -0.39 is 6.09 Å². The molecule has 0 saturated heterocycles. The van der Waals surface area contributed by atoms with Crippen molar-refractivity contribution in [3.05, 3.63) is 0 Å². The Kier molecular flexibility index (Phi) is 1.32. The Labute approximate surface area is 35.5 Å². The van der Waals surface area contributed by atoms with E-state index in [1.165, 1.54) is 7.05 Å². The molecule has 0 atom stereocenters. The molecule has 0 heterocycles. The molecule has 0 radical (unpaired) electrons. The zero-order valence-corrected chi connectivity index (χ0v) is 3.51. The van der Waals surface area contributed by atoms with Crippen LogP contribution in [-0.4, -0.2) is 29.5 Å². The highest BCUT2D eigenvalue weighted by atomic mass is 16.4. The third kappa shape index (κ3) is 1.46. The number of carboxylic acid groups (broad SMARTS) is 1. The van der Waals surface area contributed by atoms with Crippen LogP contribution in [0, 0.1) is 0 Å². The number of hydrogen-bond acceptors (Lipinski definition) is 1. The highest BCUT2D eigenvalue weighted by Crippen LogP contribution is 1.60. The van der Waals surface area contributed by atoms with E-state index in [4.69, 9.17) is 5.11 Å². The molecule has 0 aliphatic rings. The SMILES string of the molecule is C=[N+](C)C(=O)O. The van der Waals surface area contributed by atoms with Gasteiger partial charge in [-0.1, -0.05) is 0 Å². The standard InChI is InChI=1S/C3H5NO2/c1-4(2)3(5)6/h1H2,2H3/p+1. The molecule has 0 aromatic carbocycles. The molecule has 0 rings (SSSR count). The first-order valence-electron chi connectivity index (χ1n) is 1.41. The lowest BCUT2D eigenvalue weighted by Gasteiger charge is -1.74. The highest BCUT2D eigenvalue weighted by molar-refractivity contribution is 5.56. The molecule has 0 spiro atoms. The molecule has 0 aromatic rings. The van der Waals surface area contributed by atoms with E-state index in [0.717, 1.165) is 4.58 Å². The van der Waals surface area contributed by atoms with E-state index >= 15 is 0 Å². The number of amides is 1. The summed E-state index contributed by atoms with van der Waals surface area (Å²) in [7, 11) is 1.36. The molecule has 1 N–H and O–H groups in total. The molecule has 0 bridgehead atoms. The number of rotatable bonds is 0. The summed E-state index contributed by atoms with van der Waals surface area (Å²) in [6.07, 6.45) is -1.02. The lowest BCUT2D eigenvalue weighted by Crippen LogP contribution is -2.09. The normalized spacial score (nSPS) is 7.50. The van der Waals surface area contributed by atoms with Gasteiger partial charge >= 0.3 is 6.09 Å². The zero-order valence-electron chi connectivity index (χ0n) is 3.51. The Hall–Kier alpha value is -0.860.